The van der Waals surface area contributed by atoms with E-state index < -0.39 is 5.41 Å². The first-order valence-electron chi connectivity index (χ1n) is 6.44. The van der Waals surface area contributed by atoms with Gasteiger partial charge < -0.3 is 4.74 Å². The van der Waals surface area contributed by atoms with Crippen LogP contribution in [0.15, 0.2) is 24.3 Å². The zero-order valence-corrected chi connectivity index (χ0v) is 13.9. The van der Waals surface area contributed by atoms with E-state index in [2.05, 4.69) is 15.9 Å². The molecule has 0 spiro atoms. The molecule has 1 rings (SSSR count). The zero-order chi connectivity index (χ0) is 14.5. The first-order chi connectivity index (χ1) is 8.88. The van der Waals surface area contributed by atoms with E-state index in [9.17, 15) is 4.79 Å². The van der Waals surface area contributed by atoms with E-state index in [-0.39, 0.29) is 10.8 Å². The SMILES string of the molecule is CCOC(=O)C(C)(C)CC[C@@H](Br)c1ccccc1Cl. The molecule has 1 aromatic rings. The van der Waals surface area contributed by atoms with Crippen LogP contribution in [0.2, 0.25) is 5.02 Å². The number of hydrogen-bond donors (Lipinski definition) is 0. The Bertz CT molecular complexity index is 432. The van der Waals surface area contributed by atoms with Gasteiger partial charge in [-0.05, 0) is 45.2 Å². The van der Waals surface area contributed by atoms with Crippen molar-refractivity contribution in [3.05, 3.63) is 34.9 Å². The van der Waals surface area contributed by atoms with Crippen LogP contribution in [0.3, 0.4) is 0 Å². The maximum atomic E-state index is 11.8. The Hall–Kier alpha value is -0.540. The van der Waals surface area contributed by atoms with Crippen LogP contribution in [-0.2, 0) is 9.53 Å². The highest BCUT2D eigenvalue weighted by atomic mass is 79.9. The molecule has 0 aliphatic heterocycles. The number of carbonyl (C=O) groups excluding carboxylic acids is 1. The lowest BCUT2D eigenvalue weighted by Gasteiger charge is -2.23. The predicted molar refractivity (Wildman–Crippen MR) is 82.8 cm³/mol. The Morgan fingerprint density at radius 2 is 2.05 bits per heavy atom. The van der Waals surface area contributed by atoms with Crippen molar-refractivity contribution in [3.63, 3.8) is 0 Å². The van der Waals surface area contributed by atoms with Crippen molar-refractivity contribution in [2.24, 2.45) is 5.41 Å². The van der Waals surface area contributed by atoms with Crippen molar-refractivity contribution >= 4 is 33.5 Å². The molecule has 4 heteroatoms. The molecule has 0 radical (unpaired) electrons. The van der Waals surface area contributed by atoms with E-state index >= 15 is 0 Å². The summed E-state index contributed by atoms with van der Waals surface area (Å²) < 4.78 is 5.09. The van der Waals surface area contributed by atoms with Gasteiger partial charge in [-0.1, -0.05) is 45.7 Å². The number of rotatable bonds is 6. The molecule has 0 aromatic heterocycles. The quantitative estimate of drug-likeness (QED) is 0.526. The molecular formula is C15H20BrClO2. The third-order valence-corrected chi connectivity index (χ3v) is 4.39. The summed E-state index contributed by atoms with van der Waals surface area (Å²) in [6, 6.07) is 7.75. The highest BCUT2D eigenvalue weighted by Crippen LogP contribution is 2.36. The minimum Gasteiger partial charge on any atom is -0.466 e. The van der Waals surface area contributed by atoms with E-state index in [0.29, 0.717) is 6.61 Å². The molecule has 1 atom stereocenters. The van der Waals surface area contributed by atoms with Gasteiger partial charge >= 0.3 is 5.97 Å². The van der Waals surface area contributed by atoms with Gasteiger partial charge in [-0.25, -0.2) is 0 Å². The lowest BCUT2D eigenvalue weighted by atomic mass is 9.86. The van der Waals surface area contributed by atoms with Crippen LogP contribution in [0.1, 0.15) is 44.0 Å². The van der Waals surface area contributed by atoms with Gasteiger partial charge in [0.05, 0.1) is 12.0 Å². The average molecular weight is 348 g/mol. The van der Waals surface area contributed by atoms with E-state index in [1.807, 2.05) is 45.0 Å². The molecule has 0 amide bonds. The summed E-state index contributed by atoms with van der Waals surface area (Å²) in [4.78, 5) is 12.0. The maximum Gasteiger partial charge on any atom is 0.311 e. The number of benzene rings is 1. The normalized spacial score (nSPS) is 13.1. The number of hydrogen-bond acceptors (Lipinski definition) is 2. The summed E-state index contributed by atoms with van der Waals surface area (Å²) in [6.45, 7) is 6.07. The van der Waals surface area contributed by atoms with Gasteiger partial charge in [0, 0.05) is 9.85 Å². The number of halogens is 2. The molecule has 0 aliphatic carbocycles. The molecular weight excluding hydrogens is 328 g/mol. The molecule has 106 valence electrons. The third-order valence-electron chi connectivity index (χ3n) is 3.09. The first kappa shape index (κ1) is 16.5. The van der Waals surface area contributed by atoms with Crippen LogP contribution >= 0.6 is 27.5 Å². The van der Waals surface area contributed by atoms with Crippen molar-refractivity contribution in [1.82, 2.24) is 0 Å². The van der Waals surface area contributed by atoms with Gasteiger partial charge in [-0.15, -0.1) is 0 Å². The van der Waals surface area contributed by atoms with Crippen molar-refractivity contribution in [2.45, 2.75) is 38.4 Å². The Morgan fingerprint density at radius 1 is 1.42 bits per heavy atom. The van der Waals surface area contributed by atoms with Crippen LogP contribution in [0.25, 0.3) is 0 Å². The number of alkyl halides is 1. The van der Waals surface area contributed by atoms with Gasteiger partial charge in [0.2, 0.25) is 0 Å². The minimum absolute atomic E-state index is 0.145. The molecule has 0 unspecified atom stereocenters. The van der Waals surface area contributed by atoms with E-state index in [1.54, 1.807) is 0 Å². The highest BCUT2D eigenvalue weighted by Gasteiger charge is 2.29. The second kappa shape index (κ2) is 7.30. The topological polar surface area (TPSA) is 26.3 Å². The Labute approximate surface area is 128 Å². The maximum absolute atomic E-state index is 11.8. The van der Waals surface area contributed by atoms with Crippen molar-refractivity contribution < 1.29 is 9.53 Å². The van der Waals surface area contributed by atoms with Crippen molar-refractivity contribution in [1.29, 1.82) is 0 Å². The van der Waals surface area contributed by atoms with Gasteiger partial charge in [0.25, 0.3) is 0 Å². The fourth-order valence-electron chi connectivity index (χ4n) is 1.80. The minimum atomic E-state index is -0.469. The monoisotopic (exact) mass is 346 g/mol. The molecule has 0 bridgehead atoms. The number of esters is 1. The van der Waals surface area contributed by atoms with E-state index in [4.69, 9.17) is 16.3 Å². The van der Waals surface area contributed by atoms with Crippen LogP contribution in [0.5, 0.6) is 0 Å². The molecule has 19 heavy (non-hydrogen) atoms. The molecule has 0 heterocycles. The molecule has 0 saturated heterocycles. The fraction of sp³-hybridized carbons (Fsp3) is 0.533. The Kier molecular flexibility index (Phi) is 6.34. The smallest absolute Gasteiger partial charge is 0.311 e. The lowest BCUT2D eigenvalue weighted by molar-refractivity contribution is -0.153. The van der Waals surface area contributed by atoms with Gasteiger partial charge in [-0.3, -0.25) is 4.79 Å². The summed E-state index contributed by atoms with van der Waals surface area (Å²) in [7, 11) is 0. The Morgan fingerprint density at radius 3 is 2.63 bits per heavy atom. The summed E-state index contributed by atoms with van der Waals surface area (Å²) >= 11 is 9.80. The van der Waals surface area contributed by atoms with Crippen LogP contribution in [0, 0.1) is 5.41 Å². The first-order valence-corrected chi connectivity index (χ1v) is 7.73. The Balaban J connectivity index is 2.61. The van der Waals surface area contributed by atoms with Gasteiger partial charge in [0.15, 0.2) is 0 Å². The number of ether oxygens (including phenoxy) is 1. The zero-order valence-electron chi connectivity index (χ0n) is 11.6. The van der Waals surface area contributed by atoms with Gasteiger partial charge in [-0.2, -0.15) is 0 Å². The summed E-state index contributed by atoms with van der Waals surface area (Å²) in [6.07, 6.45) is 1.57. The molecule has 0 N–H and O–H groups in total. The molecule has 0 saturated carbocycles. The predicted octanol–water partition coefficient (Wildman–Crippen LogP) is 5.15. The van der Waals surface area contributed by atoms with Gasteiger partial charge in [0.1, 0.15) is 0 Å². The standard InChI is InChI=1S/C15H20BrClO2/c1-4-19-14(18)15(2,3)10-9-12(16)11-7-5-6-8-13(11)17/h5-8,12H,4,9-10H2,1-3H3/t12-/m1/s1. The number of carbonyl (C=O) groups is 1. The lowest BCUT2D eigenvalue weighted by Crippen LogP contribution is -2.26. The molecule has 1 aromatic carbocycles. The van der Waals surface area contributed by atoms with E-state index in [1.165, 1.54) is 0 Å². The molecule has 2 nitrogen and oxygen atoms in total. The fourth-order valence-corrected chi connectivity index (χ4v) is 2.83. The second-order valence-electron chi connectivity index (χ2n) is 5.13. The average Bonchev–Trinajstić information content (AvgIpc) is 2.37. The van der Waals surface area contributed by atoms with Crippen LogP contribution in [0.4, 0.5) is 0 Å². The van der Waals surface area contributed by atoms with Crippen LogP contribution < -0.4 is 0 Å². The third kappa shape index (κ3) is 4.81. The summed E-state index contributed by atoms with van der Waals surface area (Å²) in [5, 5.41) is 0.748. The molecule has 0 aliphatic rings. The highest BCUT2D eigenvalue weighted by molar-refractivity contribution is 9.09. The molecule has 0 fully saturated rings. The summed E-state index contributed by atoms with van der Waals surface area (Å²) in [5.41, 5.74) is 0.590. The van der Waals surface area contributed by atoms with E-state index in [0.717, 1.165) is 23.4 Å². The largest absolute Gasteiger partial charge is 0.466 e. The second-order valence-corrected chi connectivity index (χ2v) is 6.64. The van der Waals surface area contributed by atoms with Crippen LogP contribution in [-0.4, -0.2) is 12.6 Å². The van der Waals surface area contributed by atoms with Crippen molar-refractivity contribution in [3.8, 4) is 0 Å². The van der Waals surface area contributed by atoms with Crippen molar-refractivity contribution in [2.75, 3.05) is 6.61 Å². The summed E-state index contributed by atoms with van der Waals surface area (Å²) in [5.74, 6) is -0.145.